The fourth-order valence-electron chi connectivity index (χ4n) is 7.99. The zero-order chi connectivity index (χ0) is 35.8. The molecule has 0 saturated carbocycles. The van der Waals surface area contributed by atoms with Crippen molar-refractivity contribution in [1.29, 1.82) is 0 Å². The maximum Gasteiger partial charge on any atom is 0.136 e. The summed E-state index contributed by atoms with van der Waals surface area (Å²) in [6.07, 6.45) is 0. The third kappa shape index (κ3) is 5.53. The quantitative estimate of drug-likeness (QED) is 0.166. The predicted molar refractivity (Wildman–Crippen MR) is 228 cm³/mol. The standard InChI is InChI=1S/C52H35NO/c1-3-16-36(17-4-1)42-24-7-10-29-48(42)53(41-23-13-22-39(34-41)40-32-33-46-45-26-9-12-31-50(45)54-51(46)35-40)49-30-11-8-25-44(49)47-28-15-21-38-20-14-27-43(52(38)47)37-18-5-2-6-19-37/h1-35H. The van der Waals surface area contributed by atoms with Crippen LogP contribution in [0.3, 0.4) is 0 Å². The molecule has 0 unspecified atom stereocenters. The molecule has 1 heterocycles. The van der Waals surface area contributed by atoms with Crippen molar-refractivity contribution in [2.24, 2.45) is 0 Å². The van der Waals surface area contributed by atoms with Crippen molar-refractivity contribution in [2.75, 3.05) is 4.90 Å². The predicted octanol–water partition coefficient (Wildman–Crippen LogP) is 14.9. The van der Waals surface area contributed by atoms with Crippen molar-refractivity contribution in [1.82, 2.24) is 0 Å². The summed E-state index contributed by atoms with van der Waals surface area (Å²) < 4.78 is 6.33. The summed E-state index contributed by atoms with van der Waals surface area (Å²) in [6.45, 7) is 0. The number of hydrogen-bond acceptors (Lipinski definition) is 2. The molecular weight excluding hydrogens is 655 g/mol. The van der Waals surface area contributed by atoms with E-state index in [0.717, 1.165) is 61.3 Å². The van der Waals surface area contributed by atoms with Gasteiger partial charge in [0.15, 0.2) is 0 Å². The molecule has 1 aromatic heterocycles. The zero-order valence-electron chi connectivity index (χ0n) is 29.6. The van der Waals surface area contributed by atoms with E-state index < -0.39 is 0 Å². The van der Waals surface area contributed by atoms with Gasteiger partial charge < -0.3 is 9.32 Å². The number of fused-ring (bicyclic) bond motifs is 4. The molecule has 254 valence electrons. The highest BCUT2D eigenvalue weighted by Crippen LogP contribution is 2.47. The van der Waals surface area contributed by atoms with Gasteiger partial charge in [-0.05, 0) is 86.6 Å². The van der Waals surface area contributed by atoms with Gasteiger partial charge in [-0.1, -0.05) is 170 Å². The first-order valence-corrected chi connectivity index (χ1v) is 18.4. The molecule has 0 N–H and O–H groups in total. The Morgan fingerprint density at radius 2 is 0.852 bits per heavy atom. The van der Waals surface area contributed by atoms with E-state index >= 15 is 0 Å². The second-order valence-electron chi connectivity index (χ2n) is 13.7. The topological polar surface area (TPSA) is 16.4 Å². The molecule has 0 spiro atoms. The fourth-order valence-corrected chi connectivity index (χ4v) is 7.99. The van der Waals surface area contributed by atoms with Crippen LogP contribution in [0.1, 0.15) is 0 Å². The molecule has 2 nitrogen and oxygen atoms in total. The van der Waals surface area contributed by atoms with E-state index in [1.165, 1.54) is 33.0 Å². The van der Waals surface area contributed by atoms with Gasteiger partial charge in [-0.2, -0.15) is 0 Å². The minimum atomic E-state index is 0.890. The first-order chi connectivity index (χ1) is 26.8. The van der Waals surface area contributed by atoms with Crippen LogP contribution in [0.4, 0.5) is 17.1 Å². The normalized spacial score (nSPS) is 11.3. The smallest absolute Gasteiger partial charge is 0.136 e. The van der Waals surface area contributed by atoms with Crippen LogP contribution < -0.4 is 4.90 Å². The van der Waals surface area contributed by atoms with Crippen LogP contribution in [0.15, 0.2) is 217 Å². The summed E-state index contributed by atoms with van der Waals surface area (Å²) in [7, 11) is 0. The molecule has 0 radical (unpaired) electrons. The van der Waals surface area contributed by atoms with Gasteiger partial charge in [-0.25, -0.2) is 0 Å². The molecule has 2 heteroatoms. The Labute approximate surface area is 314 Å². The molecule has 0 aliphatic heterocycles. The Bertz CT molecular complexity index is 2940. The van der Waals surface area contributed by atoms with E-state index in [9.17, 15) is 0 Å². The van der Waals surface area contributed by atoms with Crippen molar-refractivity contribution in [3.8, 4) is 44.5 Å². The minimum absolute atomic E-state index is 0.890. The molecule has 0 fully saturated rings. The minimum Gasteiger partial charge on any atom is -0.456 e. The van der Waals surface area contributed by atoms with Gasteiger partial charge in [0.1, 0.15) is 11.2 Å². The van der Waals surface area contributed by atoms with Gasteiger partial charge in [0, 0.05) is 27.6 Å². The van der Waals surface area contributed by atoms with Crippen molar-refractivity contribution < 1.29 is 4.42 Å². The highest BCUT2D eigenvalue weighted by molar-refractivity contribution is 6.09. The first kappa shape index (κ1) is 31.6. The van der Waals surface area contributed by atoms with Crippen molar-refractivity contribution >= 4 is 49.8 Å². The maximum atomic E-state index is 6.33. The van der Waals surface area contributed by atoms with Gasteiger partial charge in [0.05, 0.1) is 11.4 Å². The lowest BCUT2D eigenvalue weighted by molar-refractivity contribution is 0.669. The Morgan fingerprint density at radius 3 is 1.63 bits per heavy atom. The van der Waals surface area contributed by atoms with E-state index in [0.29, 0.717) is 0 Å². The van der Waals surface area contributed by atoms with Crippen LogP contribution in [0.25, 0.3) is 77.2 Å². The molecule has 10 rings (SSSR count). The SMILES string of the molecule is c1ccc(-c2ccccc2N(c2cccc(-c3ccc4c(c3)oc3ccccc34)c2)c2ccccc2-c2cccc3cccc(-c4ccccc4)c23)cc1. The van der Waals surface area contributed by atoms with Crippen molar-refractivity contribution in [3.05, 3.63) is 212 Å². The lowest BCUT2D eigenvalue weighted by atomic mass is 9.90. The number of benzene rings is 9. The van der Waals surface area contributed by atoms with E-state index in [4.69, 9.17) is 4.42 Å². The molecule has 54 heavy (non-hydrogen) atoms. The van der Waals surface area contributed by atoms with Gasteiger partial charge in [0.2, 0.25) is 0 Å². The van der Waals surface area contributed by atoms with Crippen LogP contribution in [-0.2, 0) is 0 Å². The van der Waals surface area contributed by atoms with Crippen LogP contribution in [-0.4, -0.2) is 0 Å². The Morgan fingerprint density at radius 1 is 0.315 bits per heavy atom. The summed E-state index contributed by atoms with van der Waals surface area (Å²) in [4.78, 5) is 2.44. The second-order valence-corrected chi connectivity index (χ2v) is 13.7. The lowest BCUT2D eigenvalue weighted by Crippen LogP contribution is -2.12. The maximum absolute atomic E-state index is 6.33. The van der Waals surface area contributed by atoms with Crippen LogP contribution in [0.2, 0.25) is 0 Å². The van der Waals surface area contributed by atoms with E-state index in [2.05, 4.69) is 205 Å². The summed E-state index contributed by atoms with van der Waals surface area (Å²) in [5.41, 5.74) is 14.4. The van der Waals surface area contributed by atoms with Crippen LogP contribution >= 0.6 is 0 Å². The van der Waals surface area contributed by atoms with Crippen molar-refractivity contribution in [3.63, 3.8) is 0 Å². The third-order valence-corrected chi connectivity index (χ3v) is 10.5. The van der Waals surface area contributed by atoms with Gasteiger partial charge in [0.25, 0.3) is 0 Å². The lowest BCUT2D eigenvalue weighted by Gasteiger charge is -2.30. The summed E-state index contributed by atoms with van der Waals surface area (Å²) in [5, 5.41) is 4.71. The number of rotatable bonds is 7. The molecule has 0 aliphatic carbocycles. The molecule has 0 saturated heterocycles. The largest absolute Gasteiger partial charge is 0.456 e. The van der Waals surface area contributed by atoms with Gasteiger partial charge in [-0.3, -0.25) is 0 Å². The van der Waals surface area contributed by atoms with E-state index in [-0.39, 0.29) is 0 Å². The van der Waals surface area contributed by atoms with Gasteiger partial charge in [-0.15, -0.1) is 0 Å². The van der Waals surface area contributed by atoms with E-state index in [1.807, 2.05) is 12.1 Å². The average Bonchev–Trinajstić information content (AvgIpc) is 3.63. The zero-order valence-corrected chi connectivity index (χ0v) is 29.6. The first-order valence-electron chi connectivity index (χ1n) is 18.4. The monoisotopic (exact) mass is 689 g/mol. The second kappa shape index (κ2) is 13.4. The molecule has 0 amide bonds. The Balaban J connectivity index is 1.20. The van der Waals surface area contributed by atoms with Crippen LogP contribution in [0.5, 0.6) is 0 Å². The third-order valence-electron chi connectivity index (χ3n) is 10.5. The highest BCUT2D eigenvalue weighted by Gasteiger charge is 2.22. The molecule has 0 aliphatic rings. The van der Waals surface area contributed by atoms with Crippen LogP contribution in [0, 0.1) is 0 Å². The average molecular weight is 690 g/mol. The number of furan rings is 1. The number of para-hydroxylation sites is 3. The highest BCUT2D eigenvalue weighted by atomic mass is 16.3. The van der Waals surface area contributed by atoms with Crippen molar-refractivity contribution in [2.45, 2.75) is 0 Å². The molecule has 0 bridgehead atoms. The number of hydrogen-bond donors (Lipinski definition) is 0. The number of anilines is 3. The fraction of sp³-hybridized carbons (Fsp3) is 0. The number of nitrogens with zero attached hydrogens (tertiary/aromatic N) is 1. The summed E-state index contributed by atoms with van der Waals surface area (Å²) in [6, 6.07) is 76.0. The van der Waals surface area contributed by atoms with E-state index in [1.54, 1.807) is 0 Å². The van der Waals surface area contributed by atoms with Gasteiger partial charge >= 0.3 is 0 Å². The summed E-state index contributed by atoms with van der Waals surface area (Å²) >= 11 is 0. The molecule has 10 aromatic rings. The Kier molecular flexibility index (Phi) is 7.85. The molecular formula is C52H35NO. The molecule has 9 aromatic carbocycles. The Hall–Kier alpha value is -7.16. The molecule has 0 atom stereocenters. The summed E-state index contributed by atoms with van der Waals surface area (Å²) in [5.74, 6) is 0.